The highest BCUT2D eigenvalue weighted by atomic mass is 31.2. The van der Waals surface area contributed by atoms with Crippen molar-refractivity contribution in [3.05, 3.63) is 24.8 Å². The molecular weight excluding hydrogens is 395 g/mol. The minimum atomic E-state index is -2.60. The molecule has 0 spiro atoms. The monoisotopic (exact) mass is 430 g/mol. The predicted molar refractivity (Wildman–Crippen MR) is 112 cm³/mol. The summed E-state index contributed by atoms with van der Waals surface area (Å²) in [5.41, 5.74) is -0.803. The van der Waals surface area contributed by atoms with E-state index in [1.165, 1.54) is 0 Å². The Labute approximate surface area is 175 Å². The number of ether oxygens (including phenoxy) is 2. The van der Waals surface area contributed by atoms with Crippen LogP contribution in [0.5, 0.6) is 0 Å². The minimum absolute atomic E-state index is 0.0383. The number of hydrogen-bond donors (Lipinski definition) is 2. The van der Waals surface area contributed by atoms with Gasteiger partial charge in [-0.3, -0.25) is 9.59 Å². The Bertz CT molecular complexity index is 602. The lowest BCUT2D eigenvalue weighted by Gasteiger charge is -2.30. The minimum Gasteiger partial charge on any atom is -0.461 e. The topological polar surface area (TPSA) is 102 Å². The van der Waals surface area contributed by atoms with Gasteiger partial charge in [-0.2, -0.15) is 0 Å². The first-order chi connectivity index (χ1) is 13.5. The lowest BCUT2D eigenvalue weighted by Crippen LogP contribution is -2.33. The lowest BCUT2D eigenvalue weighted by molar-refractivity contribution is -0.165. The number of carbonyl (C=O) groups is 2. The van der Waals surface area contributed by atoms with E-state index >= 15 is 0 Å². The fourth-order valence-corrected chi connectivity index (χ4v) is 3.58. The van der Waals surface area contributed by atoms with Gasteiger partial charge in [-0.1, -0.05) is 45.4 Å². The number of esters is 2. The zero-order valence-corrected chi connectivity index (χ0v) is 19.0. The van der Waals surface area contributed by atoms with E-state index in [1.807, 2.05) is 52.8 Å². The van der Waals surface area contributed by atoms with E-state index in [0.29, 0.717) is 6.42 Å². The molecule has 2 N–H and O–H groups in total. The third-order valence-electron chi connectivity index (χ3n) is 5.75. The Balaban J connectivity index is 2.66. The molecule has 0 radical (unpaired) electrons. The van der Waals surface area contributed by atoms with Crippen molar-refractivity contribution in [1.82, 2.24) is 0 Å². The summed E-state index contributed by atoms with van der Waals surface area (Å²) in [4.78, 5) is 42.8. The Morgan fingerprint density at radius 3 is 2.52 bits per heavy atom. The highest BCUT2D eigenvalue weighted by Gasteiger charge is 2.55. The molecule has 1 rings (SSSR count). The van der Waals surface area contributed by atoms with Gasteiger partial charge in [-0.05, 0) is 37.5 Å². The van der Waals surface area contributed by atoms with Crippen LogP contribution in [0.25, 0.3) is 0 Å². The number of allylic oxidation sites excluding steroid dienone is 3. The molecule has 4 unspecified atom stereocenters. The standard InChI is InChI=1S/C21H35O7P/c1-7-10-16-12-21(16,6)19(23)26-13-17(14-27-29(24)25)28-18(22)11-15(8-2)20(4,5)9-3/h7,9-10,15-17,24-25H,3,8,11-14H2,1-2,4-6H3. The zero-order chi connectivity index (χ0) is 22.2. The predicted octanol–water partition coefficient (Wildman–Crippen LogP) is 3.90. The second-order valence-electron chi connectivity index (χ2n) is 8.35. The van der Waals surface area contributed by atoms with Gasteiger partial charge in [0.15, 0.2) is 6.10 Å². The van der Waals surface area contributed by atoms with Gasteiger partial charge >= 0.3 is 20.5 Å². The summed E-state index contributed by atoms with van der Waals surface area (Å²) in [7, 11) is -2.60. The van der Waals surface area contributed by atoms with Crippen molar-refractivity contribution in [1.29, 1.82) is 0 Å². The smallest absolute Gasteiger partial charge is 0.327 e. The van der Waals surface area contributed by atoms with Gasteiger partial charge in [-0.15, -0.1) is 6.58 Å². The molecule has 0 aromatic carbocycles. The third kappa shape index (κ3) is 7.82. The Morgan fingerprint density at radius 1 is 1.34 bits per heavy atom. The highest BCUT2D eigenvalue weighted by Crippen LogP contribution is 2.54. The van der Waals surface area contributed by atoms with E-state index < -0.39 is 26.1 Å². The van der Waals surface area contributed by atoms with Crippen LogP contribution in [0.4, 0.5) is 0 Å². The summed E-state index contributed by atoms with van der Waals surface area (Å²) in [6.45, 7) is 13.1. The van der Waals surface area contributed by atoms with E-state index in [4.69, 9.17) is 23.8 Å². The van der Waals surface area contributed by atoms with Crippen LogP contribution in [-0.4, -0.2) is 41.0 Å². The maximum atomic E-state index is 12.4. The molecule has 1 fully saturated rings. The van der Waals surface area contributed by atoms with Crippen molar-refractivity contribution in [3.63, 3.8) is 0 Å². The molecule has 0 saturated heterocycles. The highest BCUT2D eigenvalue weighted by molar-refractivity contribution is 7.39. The molecule has 0 aliphatic heterocycles. The van der Waals surface area contributed by atoms with Crippen LogP contribution in [0.3, 0.4) is 0 Å². The molecule has 1 aliphatic carbocycles. The van der Waals surface area contributed by atoms with Crippen molar-refractivity contribution in [2.24, 2.45) is 22.7 Å². The summed E-state index contributed by atoms with van der Waals surface area (Å²) in [6, 6.07) is 0. The van der Waals surface area contributed by atoms with Gasteiger partial charge in [0.05, 0.1) is 12.0 Å². The van der Waals surface area contributed by atoms with Gasteiger partial charge in [0.2, 0.25) is 0 Å². The lowest BCUT2D eigenvalue weighted by atomic mass is 9.76. The quantitative estimate of drug-likeness (QED) is 0.259. The second-order valence-corrected chi connectivity index (χ2v) is 9.11. The van der Waals surface area contributed by atoms with Crippen LogP contribution in [0, 0.1) is 22.7 Å². The molecule has 1 saturated carbocycles. The number of carbonyl (C=O) groups excluding carboxylic acids is 2. The maximum Gasteiger partial charge on any atom is 0.327 e. The summed E-state index contributed by atoms with van der Waals surface area (Å²) in [5.74, 6) is -0.639. The van der Waals surface area contributed by atoms with Crippen LogP contribution < -0.4 is 0 Å². The van der Waals surface area contributed by atoms with E-state index in [9.17, 15) is 9.59 Å². The first-order valence-electron chi connectivity index (χ1n) is 9.94. The van der Waals surface area contributed by atoms with Crippen molar-refractivity contribution < 1.29 is 33.4 Å². The van der Waals surface area contributed by atoms with Crippen molar-refractivity contribution in [2.75, 3.05) is 13.2 Å². The second kappa shape index (κ2) is 11.2. The summed E-state index contributed by atoms with van der Waals surface area (Å²) in [5, 5.41) is 0. The van der Waals surface area contributed by atoms with Gasteiger partial charge < -0.3 is 23.8 Å². The molecule has 1 aliphatic rings. The van der Waals surface area contributed by atoms with Crippen molar-refractivity contribution in [3.8, 4) is 0 Å². The largest absolute Gasteiger partial charge is 0.461 e. The van der Waals surface area contributed by atoms with Crippen LogP contribution in [0.15, 0.2) is 24.8 Å². The summed E-state index contributed by atoms with van der Waals surface area (Å²) >= 11 is 0. The van der Waals surface area contributed by atoms with Crippen molar-refractivity contribution >= 4 is 20.5 Å². The number of rotatable bonds is 13. The Kier molecular flexibility index (Phi) is 9.96. The van der Waals surface area contributed by atoms with E-state index in [2.05, 4.69) is 6.58 Å². The van der Waals surface area contributed by atoms with Gasteiger partial charge in [0.25, 0.3) is 0 Å². The summed E-state index contributed by atoms with van der Waals surface area (Å²) < 4.78 is 15.6. The first-order valence-corrected chi connectivity index (χ1v) is 11.1. The zero-order valence-electron chi connectivity index (χ0n) is 18.1. The van der Waals surface area contributed by atoms with Crippen LogP contribution in [0.1, 0.15) is 53.9 Å². The van der Waals surface area contributed by atoms with E-state index in [0.717, 1.165) is 6.42 Å². The van der Waals surface area contributed by atoms with Gasteiger partial charge in [0.1, 0.15) is 6.61 Å². The molecule has 8 heteroatoms. The van der Waals surface area contributed by atoms with Crippen LogP contribution >= 0.6 is 8.60 Å². The van der Waals surface area contributed by atoms with E-state index in [1.54, 1.807) is 0 Å². The average Bonchev–Trinajstić information content (AvgIpc) is 3.32. The van der Waals surface area contributed by atoms with Crippen LogP contribution in [0.2, 0.25) is 0 Å². The number of hydrogen-bond acceptors (Lipinski definition) is 7. The molecule has 166 valence electrons. The normalized spacial score (nSPS) is 23.7. The average molecular weight is 430 g/mol. The summed E-state index contributed by atoms with van der Waals surface area (Å²) in [6.07, 6.45) is 6.44. The van der Waals surface area contributed by atoms with Crippen molar-refractivity contribution in [2.45, 2.75) is 60.0 Å². The molecule has 4 atom stereocenters. The van der Waals surface area contributed by atoms with Gasteiger partial charge in [-0.25, -0.2) is 0 Å². The fourth-order valence-electron chi connectivity index (χ4n) is 3.28. The molecule has 0 bridgehead atoms. The SMILES string of the molecule is C=CC(C)(C)C(CC)CC(=O)OC(COC(=O)C1(C)CC1C=CC)COP(O)O. The molecule has 0 aromatic heterocycles. The van der Waals surface area contributed by atoms with Crippen LogP contribution in [-0.2, 0) is 23.6 Å². The Morgan fingerprint density at radius 2 is 2.00 bits per heavy atom. The molecule has 29 heavy (non-hydrogen) atoms. The molecule has 0 aromatic rings. The van der Waals surface area contributed by atoms with E-state index in [-0.39, 0.29) is 42.9 Å². The molecule has 0 amide bonds. The molecule has 0 heterocycles. The maximum absolute atomic E-state index is 12.4. The fraction of sp³-hybridized carbons (Fsp3) is 0.714. The molecule has 7 nitrogen and oxygen atoms in total. The third-order valence-corrected chi connectivity index (χ3v) is 6.13. The molecular formula is C21H35O7P. The Hall–Kier alpha value is -1.27. The van der Waals surface area contributed by atoms with Gasteiger partial charge in [0, 0.05) is 6.42 Å². The first kappa shape index (κ1) is 25.8.